The van der Waals surface area contributed by atoms with Crippen LogP contribution >= 0.6 is 0 Å². The molecular formula is C14H17N3O. The highest BCUT2D eigenvalue weighted by atomic mass is 16.1. The molecule has 0 radical (unpaired) electrons. The van der Waals surface area contributed by atoms with Crippen molar-refractivity contribution in [2.45, 2.75) is 26.3 Å². The molecule has 0 spiro atoms. The minimum Gasteiger partial charge on any atom is -0.351 e. The molecule has 0 saturated heterocycles. The number of carbonyl (C=O) groups excluding carboxylic acids is 1. The summed E-state index contributed by atoms with van der Waals surface area (Å²) in [5, 5.41) is 0. The maximum absolute atomic E-state index is 10.5. The van der Waals surface area contributed by atoms with Crippen molar-refractivity contribution in [1.82, 2.24) is 4.90 Å². The van der Waals surface area contributed by atoms with Crippen LogP contribution in [0.3, 0.4) is 0 Å². The molecule has 0 fully saturated rings. The molecule has 94 valence electrons. The molecule has 0 N–H and O–H groups in total. The number of rotatable bonds is 2. The van der Waals surface area contributed by atoms with E-state index in [1.165, 1.54) is 0 Å². The molecule has 18 heavy (non-hydrogen) atoms. The first-order valence-corrected chi connectivity index (χ1v) is 5.91. The number of aliphatic imine (C=N–C) groups is 1. The summed E-state index contributed by atoms with van der Waals surface area (Å²) in [4.78, 5) is 18.4. The summed E-state index contributed by atoms with van der Waals surface area (Å²) in [6.07, 6.45) is 3.52. The molecule has 1 aromatic rings. The van der Waals surface area contributed by atoms with E-state index in [4.69, 9.17) is 0 Å². The second kappa shape index (κ2) is 4.67. The predicted octanol–water partition coefficient (Wildman–Crippen LogP) is 2.70. The first-order valence-electron chi connectivity index (χ1n) is 5.91. The van der Waals surface area contributed by atoms with Crippen LogP contribution in [0.2, 0.25) is 0 Å². The summed E-state index contributed by atoms with van der Waals surface area (Å²) in [6.45, 7) is 7.06. The average molecular weight is 243 g/mol. The van der Waals surface area contributed by atoms with Crippen molar-refractivity contribution < 1.29 is 4.79 Å². The zero-order chi connectivity index (χ0) is 13.2. The fourth-order valence-electron chi connectivity index (χ4n) is 1.84. The number of anilines is 1. The molecule has 1 aliphatic rings. The van der Waals surface area contributed by atoms with Gasteiger partial charge in [-0.2, -0.15) is 0 Å². The molecule has 0 unspecified atom stereocenters. The SMILES string of the molecule is CC(C)(C)N1C=C(N=C=O)N(c2ccccc2)C1. The maximum Gasteiger partial charge on any atom is 0.242 e. The van der Waals surface area contributed by atoms with Crippen LogP contribution < -0.4 is 4.90 Å². The van der Waals surface area contributed by atoms with Gasteiger partial charge in [-0.15, -0.1) is 4.99 Å². The van der Waals surface area contributed by atoms with Crippen molar-refractivity contribution in [2.75, 3.05) is 11.6 Å². The van der Waals surface area contributed by atoms with Gasteiger partial charge in [0.1, 0.15) is 0 Å². The van der Waals surface area contributed by atoms with Crippen molar-refractivity contribution in [2.24, 2.45) is 4.99 Å². The van der Waals surface area contributed by atoms with Gasteiger partial charge in [-0.25, -0.2) is 4.79 Å². The van der Waals surface area contributed by atoms with E-state index < -0.39 is 0 Å². The van der Waals surface area contributed by atoms with Crippen molar-refractivity contribution in [1.29, 1.82) is 0 Å². The number of hydrogen-bond donors (Lipinski definition) is 0. The molecule has 0 aromatic heterocycles. The van der Waals surface area contributed by atoms with E-state index in [0.717, 1.165) is 5.69 Å². The van der Waals surface area contributed by atoms with Gasteiger partial charge in [0.15, 0.2) is 5.82 Å². The Morgan fingerprint density at radius 3 is 2.44 bits per heavy atom. The van der Waals surface area contributed by atoms with Crippen LogP contribution in [0.5, 0.6) is 0 Å². The molecule has 1 heterocycles. The van der Waals surface area contributed by atoms with Crippen LogP contribution in [-0.4, -0.2) is 23.2 Å². The maximum atomic E-state index is 10.5. The third-order valence-electron chi connectivity index (χ3n) is 2.93. The van der Waals surface area contributed by atoms with E-state index in [0.29, 0.717) is 12.5 Å². The van der Waals surface area contributed by atoms with Gasteiger partial charge in [0.25, 0.3) is 0 Å². The van der Waals surface area contributed by atoms with Crippen molar-refractivity contribution >= 4 is 11.8 Å². The number of para-hydroxylation sites is 1. The average Bonchev–Trinajstić information content (AvgIpc) is 2.75. The number of hydrogen-bond acceptors (Lipinski definition) is 4. The zero-order valence-electron chi connectivity index (χ0n) is 10.9. The minimum absolute atomic E-state index is 0.00676. The summed E-state index contributed by atoms with van der Waals surface area (Å²) in [7, 11) is 0. The van der Waals surface area contributed by atoms with Gasteiger partial charge in [-0.3, -0.25) is 0 Å². The van der Waals surface area contributed by atoms with Crippen LogP contribution in [-0.2, 0) is 4.79 Å². The molecule has 0 atom stereocenters. The van der Waals surface area contributed by atoms with Crippen molar-refractivity contribution in [3.05, 3.63) is 42.4 Å². The highest BCUT2D eigenvalue weighted by Crippen LogP contribution is 2.29. The Balaban J connectivity index is 2.33. The first-order chi connectivity index (χ1) is 8.52. The highest BCUT2D eigenvalue weighted by Gasteiger charge is 2.29. The Labute approximate surface area is 107 Å². The standard InChI is InChI=1S/C14H17N3O/c1-14(2,3)16-9-13(15-10-18)17(11-16)12-7-5-4-6-8-12/h4-9H,11H2,1-3H3. The normalized spacial score (nSPS) is 15.4. The largest absolute Gasteiger partial charge is 0.351 e. The fraction of sp³-hybridized carbons (Fsp3) is 0.357. The van der Waals surface area contributed by atoms with E-state index in [9.17, 15) is 4.79 Å². The van der Waals surface area contributed by atoms with Gasteiger partial charge < -0.3 is 9.80 Å². The van der Waals surface area contributed by atoms with Gasteiger partial charge in [-0.05, 0) is 32.9 Å². The topological polar surface area (TPSA) is 35.9 Å². The van der Waals surface area contributed by atoms with Crippen LogP contribution in [0.25, 0.3) is 0 Å². The molecule has 4 heteroatoms. The lowest BCUT2D eigenvalue weighted by Gasteiger charge is -2.33. The van der Waals surface area contributed by atoms with E-state index in [1.807, 2.05) is 41.4 Å². The summed E-state index contributed by atoms with van der Waals surface area (Å²) in [5.41, 5.74) is 1.02. The van der Waals surface area contributed by atoms with Gasteiger partial charge in [-0.1, -0.05) is 18.2 Å². The smallest absolute Gasteiger partial charge is 0.242 e. The van der Waals surface area contributed by atoms with Crippen molar-refractivity contribution in [3.63, 3.8) is 0 Å². The molecule has 0 aliphatic carbocycles. The molecule has 4 nitrogen and oxygen atoms in total. The van der Waals surface area contributed by atoms with E-state index in [2.05, 4.69) is 30.7 Å². The molecule has 0 amide bonds. The third-order valence-corrected chi connectivity index (χ3v) is 2.93. The monoisotopic (exact) mass is 243 g/mol. The fourth-order valence-corrected chi connectivity index (χ4v) is 1.84. The number of nitrogens with zero attached hydrogens (tertiary/aromatic N) is 3. The molecule has 0 saturated carbocycles. The van der Waals surface area contributed by atoms with Crippen LogP contribution in [0, 0.1) is 0 Å². The Hall–Kier alpha value is -2.06. The summed E-state index contributed by atoms with van der Waals surface area (Å²) in [6, 6.07) is 9.91. The van der Waals surface area contributed by atoms with Gasteiger partial charge >= 0.3 is 0 Å². The molecule has 0 bridgehead atoms. The Morgan fingerprint density at radius 2 is 1.89 bits per heavy atom. The second-order valence-electron chi connectivity index (χ2n) is 5.24. The van der Waals surface area contributed by atoms with Crippen LogP contribution in [0.15, 0.2) is 47.3 Å². The third kappa shape index (κ3) is 2.44. The number of isocyanates is 1. The Morgan fingerprint density at radius 1 is 1.22 bits per heavy atom. The Kier molecular flexibility index (Phi) is 3.21. The number of benzene rings is 1. The molecule has 2 rings (SSSR count). The summed E-state index contributed by atoms with van der Waals surface area (Å²) in [5.74, 6) is 0.631. The molecule has 1 aliphatic heterocycles. The Bertz CT molecular complexity index is 496. The molecule has 1 aromatic carbocycles. The van der Waals surface area contributed by atoms with E-state index in [1.54, 1.807) is 6.08 Å². The quantitative estimate of drug-likeness (QED) is 0.592. The lowest BCUT2D eigenvalue weighted by Crippen LogP contribution is -2.39. The van der Waals surface area contributed by atoms with Gasteiger partial charge in [0.2, 0.25) is 6.08 Å². The van der Waals surface area contributed by atoms with E-state index in [-0.39, 0.29) is 5.54 Å². The second-order valence-corrected chi connectivity index (χ2v) is 5.24. The summed E-state index contributed by atoms with van der Waals surface area (Å²) >= 11 is 0. The highest BCUT2D eigenvalue weighted by molar-refractivity contribution is 5.55. The van der Waals surface area contributed by atoms with Crippen molar-refractivity contribution in [3.8, 4) is 0 Å². The van der Waals surface area contributed by atoms with E-state index >= 15 is 0 Å². The lowest BCUT2D eigenvalue weighted by molar-refractivity contribution is 0.223. The van der Waals surface area contributed by atoms with Crippen LogP contribution in [0.1, 0.15) is 20.8 Å². The lowest BCUT2D eigenvalue weighted by atomic mass is 10.1. The minimum atomic E-state index is -0.00676. The summed E-state index contributed by atoms with van der Waals surface area (Å²) < 4.78 is 0. The zero-order valence-corrected chi connectivity index (χ0v) is 10.9. The van der Waals surface area contributed by atoms with Gasteiger partial charge in [0, 0.05) is 17.4 Å². The van der Waals surface area contributed by atoms with Gasteiger partial charge in [0.05, 0.1) is 6.67 Å². The molecular weight excluding hydrogens is 226 g/mol. The first kappa shape index (κ1) is 12.4. The predicted molar refractivity (Wildman–Crippen MR) is 71.6 cm³/mol. The van der Waals surface area contributed by atoms with Crippen LogP contribution in [0.4, 0.5) is 5.69 Å².